The van der Waals surface area contributed by atoms with Crippen molar-refractivity contribution in [3.63, 3.8) is 0 Å². The fourth-order valence-corrected chi connectivity index (χ4v) is 7.47. The smallest absolute Gasteiger partial charge is 0.357 e. The summed E-state index contributed by atoms with van der Waals surface area (Å²) >= 11 is 3.89. The maximum atomic E-state index is 14.0. The Kier molecular flexibility index (Phi) is 10.0. The van der Waals surface area contributed by atoms with Gasteiger partial charge in [0.05, 0.1) is 12.8 Å². The molecule has 1 aliphatic rings. The number of pyridine rings is 1. The minimum absolute atomic E-state index is 0.0490. The molecule has 1 aliphatic heterocycles. The molecule has 222 valence electrons. The number of benzene rings is 2. The van der Waals surface area contributed by atoms with Gasteiger partial charge in [0.2, 0.25) is 0 Å². The van der Waals surface area contributed by atoms with Gasteiger partial charge in [-0.15, -0.1) is 11.3 Å². The molecule has 0 spiro atoms. The number of halogens is 1. The number of hydrogen-bond donors (Lipinski definition) is 3. The van der Waals surface area contributed by atoms with Gasteiger partial charge in [-0.2, -0.15) is 0 Å². The van der Waals surface area contributed by atoms with Crippen molar-refractivity contribution >= 4 is 70.8 Å². The van der Waals surface area contributed by atoms with Crippen LogP contribution in [0.1, 0.15) is 55.8 Å². The molecule has 4 aromatic rings. The summed E-state index contributed by atoms with van der Waals surface area (Å²) in [5, 5.41) is 7.86. The van der Waals surface area contributed by atoms with E-state index in [-0.39, 0.29) is 17.3 Å². The lowest BCUT2D eigenvalue weighted by molar-refractivity contribution is 0.0594. The van der Waals surface area contributed by atoms with Crippen LogP contribution >= 0.6 is 41.7 Å². The highest BCUT2D eigenvalue weighted by atomic mass is 127. The minimum Gasteiger partial charge on any atom is -0.464 e. The van der Waals surface area contributed by atoms with Crippen molar-refractivity contribution in [2.75, 3.05) is 29.8 Å². The Balaban J connectivity index is 1.71. The fourth-order valence-electron chi connectivity index (χ4n) is 4.88. The number of nitrogens with two attached hydrogens (primary N) is 1. The summed E-state index contributed by atoms with van der Waals surface area (Å²) in [7, 11) is 2.83. The zero-order valence-corrected chi connectivity index (χ0v) is 27.4. The van der Waals surface area contributed by atoms with Gasteiger partial charge in [-0.3, -0.25) is 9.59 Å². The first kappa shape index (κ1) is 31.0. The monoisotopic (exact) mass is 727 g/mol. The van der Waals surface area contributed by atoms with Crippen molar-refractivity contribution in [1.29, 1.82) is 0 Å². The second-order valence-electron chi connectivity index (χ2n) is 9.81. The molecule has 0 saturated carbocycles. The van der Waals surface area contributed by atoms with Crippen LogP contribution in [0.15, 0.2) is 60.0 Å². The zero-order chi connectivity index (χ0) is 30.5. The number of amides is 2. The number of hydrogen-bond acceptors (Lipinski definition) is 9. The van der Waals surface area contributed by atoms with Crippen molar-refractivity contribution in [2.24, 2.45) is 5.73 Å². The van der Waals surface area contributed by atoms with Gasteiger partial charge in [0.1, 0.15) is 5.69 Å². The molecule has 12 heteroatoms. The van der Waals surface area contributed by atoms with Crippen LogP contribution < -0.4 is 20.7 Å². The van der Waals surface area contributed by atoms with Crippen molar-refractivity contribution in [3.8, 4) is 21.6 Å². The predicted octanol–water partition coefficient (Wildman–Crippen LogP) is 6.48. The molecule has 0 radical (unpaired) electrons. The van der Waals surface area contributed by atoms with E-state index in [0.717, 1.165) is 41.1 Å². The number of carbonyl (C=O) groups is 3. The van der Waals surface area contributed by atoms with Gasteiger partial charge in [0.25, 0.3) is 11.8 Å². The second kappa shape index (κ2) is 13.9. The van der Waals surface area contributed by atoms with Crippen LogP contribution in [-0.2, 0) is 17.7 Å². The van der Waals surface area contributed by atoms with Crippen LogP contribution in [0.2, 0.25) is 0 Å². The number of esters is 1. The quantitative estimate of drug-likeness (QED) is 0.102. The molecule has 0 bridgehead atoms. The first-order chi connectivity index (χ1) is 20.9. The molecular formula is C31H30IN5O4S2. The molecule has 5 rings (SSSR count). The maximum Gasteiger partial charge on any atom is 0.357 e. The van der Waals surface area contributed by atoms with Crippen LogP contribution in [0.5, 0.6) is 0 Å². The Morgan fingerprint density at radius 1 is 1.07 bits per heavy atom. The molecular weight excluding hydrogens is 697 g/mol. The van der Waals surface area contributed by atoms with Crippen LogP contribution in [0, 0.1) is 0 Å². The molecule has 0 fully saturated rings. The second-order valence-corrected chi connectivity index (χ2v) is 12.5. The molecule has 9 nitrogen and oxygen atoms in total. The van der Waals surface area contributed by atoms with Gasteiger partial charge >= 0.3 is 5.97 Å². The van der Waals surface area contributed by atoms with E-state index < -0.39 is 11.9 Å². The van der Waals surface area contributed by atoms with Gasteiger partial charge < -0.3 is 25.4 Å². The largest absolute Gasteiger partial charge is 0.464 e. The number of anilines is 2. The average molecular weight is 728 g/mol. The lowest BCUT2D eigenvalue weighted by Gasteiger charge is -2.23. The summed E-state index contributed by atoms with van der Waals surface area (Å²) < 4.78 is 7.26. The SMILES string of the molecule is CCCNC(=O)c1ccc(-c2cc3c(cc2C(=O)Nc2ccc(CN)cc2)-c2sccc2CCN3SI)c(C(=O)OC)n1. The van der Waals surface area contributed by atoms with E-state index in [0.29, 0.717) is 35.5 Å². The number of aromatic nitrogens is 1. The third-order valence-electron chi connectivity index (χ3n) is 7.09. The van der Waals surface area contributed by atoms with Gasteiger partial charge in [-0.25, -0.2) is 9.78 Å². The fraction of sp³-hybridized carbons (Fsp3) is 0.226. The van der Waals surface area contributed by atoms with Gasteiger partial charge in [0, 0.05) is 77.2 Å². The third kappa shape index (κ3) is 6.56. The molecule has 2 aromatic heterocycles. The van der Waals surface area contributed by atoms with Crippen molar-refractivity contribution in [3.05, 3.63) is 88.1 Å². The number of fused-ring (bicyclic) bond motifs is 3. The van der Waals surface area contributed by atoms with E-state index in [1.165, 1.54) is 12.7 Å². The molecule has 4 N–H and O–H groups in total. The molecule has 0 unspecified atom stereocenters. The predicted molar refractivity (Wildman–Crippen MR) is 182 cm³/mol. The number of thiophene rings is 1. The standard InChI is InChI=1S/C31H30IN5O4S2/c1-3-12-34-30(39)25-9-8-21(27(36-25)31(40)41-2)22-16-26-24(28-19(11-14-42-28)10-13-37(26)43-32)15-23(22)29(38)35-20-6-4-18(17-33)5-7-20/h4-9,11,14-16H,3,10,12-13,17,33H2,1-2H3,(H,34,39)(H,35,38). The molecule has 2 aromatic carbocycles. The number of rotatable bonds is 9. The minimum atomic E-state index is -0.709. The molecule has 0 atom stereocenters. The summed E-state index contributed by atoms with van der Waals surface area (Å²) in [5.74, 6) is -1.45. The summed E-state index contributed by atoms with van der Waals surface area (Å²) in [6.07, 6.45) is 1.61. The topological polar surface area (TPSA) is 127 Å². The first-order valence-corrected chi connectivity index (χ1v) is 17.9. The molecule has 0 aliphatic carbocycles. The zero-order valence-electron chi connectivity index (χ0n) is 23.6. The van der Waals surface area contributed by atoms with E-state index >= 15 is 0 Å². The normalized spacial score (nSPS) is 12.1. The highest BCUT2D eigenvalue weighted by molar-refractivity contribution is 14.2. The summed E-state index contributed by atoms with van der Waals surface area (Å²) in [6.45, 7) is 3.59. The van der Waals surface area contributed by atoms with Crippen molar-refractivity contribution in [1.82, 2.24) is 10.3 Å². The Morgan fingerprint density at radius 3 is 2.56 bits per heavy atom. The number of ether oxygens (including phenoxy) is 1. The lowest BCUT2D eigenvalue weighted by Crippen LogP contribution is -2.26. The van der Waals surface area contributed by atoms with E-state index in [1.54, 1.807) is 44.7 Å². The Morgan fingerprint density at radius 2 is 1.86 bits per heavy atom. The molecule has 43 heavy (non-hydrogen) atoms. The number of carbonyl (C=O) groups excluding carboxylic acids is 3. The van der Waals surface area contributed by atoms with Gasteiger partial charge in [0.15, 0.2) is 5.69 Å². The van der Waals surface area contributed by atoms with E-state index in [2.05, 4.69) is 52.6 Å². The van der Waals surface area contributed by atoms with E-state index in [4.69, 9.17) is 10.5 Å². The highest BCUT2D eigenvalue weighted by Crippen LogP contribution is 2.46. The van der Waals surface area contributed by atoms with Crippen LogP contribution in [-0.4, -0.2) is 43.0 Å². The summed E-state index contributed by atoms with van der Waals surface area (Å²) in [4.78, 5) is 45.4. The van der Waals surface area contributed by atoms with Crippen LogP contribution in [0.4, 0.5) is 11.4 Å². The molecule has 2 amide bonds. The lowest BCUT2D eigenvalue weighted by atomic mass is 9.93. The Labute approximate surface area is 270 Å². The average Bonchev–Trinajstić information content (AvgIpc) is 3.46. The molecule has 0 saturated heterocycles. The Bertz CT molecular complexity index is 1680. The Hall–Kier alpha value is -3.46. The van der Waals surface area contributed by atoms with Crippen molar-refractivity contribution < 1.29 is 19.1 Å². The first-order valence-electron chi connectivity index (χ1n) is 13.7. The number of methoxy groups -OCH3 is 1. The highest BCUT2D eigenvalue weighted by Gasteiger charge is 2.28. The maximum absolute atomic E-state index is 14.0. The van der Waals surface area contributed by atoms with E-state index in [9.17, 15) is 14.4 Å². The van der Waals surface area contributed by atoms with Crippen molar-refractivity contribution in [2.45, 2.75) is 26.3 Å². The molecule has 3 heterocycles. The van der Waals surface area contributed by atoms with Crippen LogP contribution in [0.3, 0.4) is 0 Å². The van der Waals surface area contributed by atoms with Crippen LogP contribution in [0.25, 0.3) is 21.6 Å². The summed E-state index contributed by atoms with van der Waals surface area (Å²) in [6, 6.07) is 16.5. The number of nitrogens with zero attached hydrogens (tertiary/aromatic N) is 2. The van der Waals surface area contributed by atoms with Gasteiger partial charge in [-0.05, 0) is 77.4 Å². The third-order valence-corrected chi connectivity index (χ3v) is 10.1. The number of nitrogens with one attached hydrogen (secondary N) is 2. The summed E-state index contributed by atoms with van der Waals surface area (Å²) in [5.41, 5.74) is 11.7. The van der Waals surface area contributed by atoms with E-state index in [1.807, 2.05) is 31.2 Å². The van der Waals surface area contributed by atoms with Gasteiger partial charge in [-0.1, -0.05) is 19.1 Å².